The van der Waals surface area contributed by atoms with Crippen molar-refractivity contribution in [3.05, 3.63) is 53.6 Å². The number of nitrogens with two attached hydrogens (primary N) is 1. The second-order valence-electron chi connectivity index (χ2n) is 6.31. The van der Waals surface area contributed by atoms with Crippen molar-refractivity contribution in [1.82, 2.24) is 19.3 Å². The first-order chi connectivity index (χ1) is 13.8. The van der Waals surface area contributed by atoms with Gasteiger partial charge >= 0.3 is 18.3 Å². The third kappa shape index (κ3) is 4.37. The van der Waals surface area contributed by atoms with Gasteiger partial charge in [-0.2, -0.15) is 40.2 Å². The van der Waals surface area contributed by atoms with Gasteiger partial charge in [-0.15, -0.1) is 12.4 Å². The largest absolute Gasteiger partial charge is 0.459 e. The molecule has 0 aliphatic carbocycles. The third-order valence-electron chi connectivity index (χ3n) is 4.24. The van der Waals surface area contributed by atoms with Crippen LogP contribution in [-0.2, 0) is 25.7 Å². The fraction of sp³-hybridized carbons (Fsp3) is 0.294. The van der Waals surface area contributed by atoms with Crippen LogP contribution >= 0.6 is 12.4 Å². The van der Waals surface area contributed by atoms with Gasteiger partial charge in [-0.3, -0.25) is 9.25 Å². The molecule has 0 fully saturated rings. The zero-order valence-corrected chi connectivity index (χ0v) is 16.3. The first kappa shape index (κ1) is 24.6. The van der Waals surface area contributed by atoms with Crippen LogP contribution in [-0.4, -0.2) is 25.5 Å². The summed E-state index contributed by atoms with van der Waals surface area (Å²) in [6.07, 6.45) is -9.87. The maximum absolute atomic E-state index is 13.8. The predicted octanol–water partition coefficient (Wildman–Crippen LogP) is 4.83. The number of benzene rings is 1. The van der Waals surface area contributed by atoms with Crippen molar-refractivity contribution in [2.24, 2.45) is 12.8 Å². The Kier molecular flexibility index (Phi) is 6.44. The van der Waals surface area contributed by atoms with Crippen molar-refractivity contribution in [3.8, 4) is 17.1 Å². The minimum atomic E-state index is -6.26. The number of halogens is 9. The Morgan fingerprint density at radius 2 is 1.68 bits per heavy atom. The molecule has 0 amide bonds. The van der Waals surface area contributed by atoms with Gasteiger partial charge in [-0.25, -0.2) is 4.98 Å². The van der Waals surface area contributed by atoms with E-state index in [-0.39, 0.29) is 24.6 Å². The van der Waals surface area contributed by atoms with E-state index in [1.54, 1.807) is 24.3 Å². The number of alkyl halides is 8. The van der Waals surface area contributed by atoms with Crippen LogP contribution in [0.2, 0.25) is 0 Å². The summed E-state index contributed by atoms with van der Waals surface area (Å²) in [4.78, 5) is 3.93. The Balaban J connectivity index is 0.00000341. The van der Waals surface area contributed by atoms with Gasteiger partial charge in [0.2, 0.25) is 0 Å². The van der Waals surface area contributed by atoms with Crippen LogP contribution in [0.1, 0.15) is 16.8 Å². The highest BCUT2D eigenvalue weighted by Gasteiger charge is 2.64. The first-order valence-corrected chi connectivity index (χ1v) is 8.20. The number of imidazole rings is 1. The van der Waals surface area contributed by atoms with Crippen molar-refractivity contribution >= 4 is 12.4 Å². The van der Waals surface area contributed by atoms with Gasteiger partial charge in [0.25, 0.3) is 0 Å². The molecule has 14 heteroatoms. The van der Waals surface area contributed by atoms with Crippen LogP contribution < -0.4 is 5.73 Å². The van der Waals surface area contributed by atoms with Gasteiger partial charge in [0.15, 0.2) is 5.69 Å². The Hall–Kier alpha value is -2.67. The molecular formula is C17H14ClF8N5. The molecular weight excluding hydrogens is 462 g/mol. The lowest BCUT2D eigenvalue weighted by atomic mass is 10.1. The maximum Gasteiger partial charge on any atom is 0.459 e. The highest BCUT2D eigenvalue weighted by molar-refractivity contribution is 5.85. The minimum absolute atomic E-state index is 0. The van der Waals surface area contributed by atoms with E-state index in [1.165, 1.54) is 0 Å². The standard InChI is InChI=1S/C17H13F8N5.ClH/c1-29-14(12(16(20,21)22)13(28-29)15(18,19)17(23,24)25)30-7-11(27-8-30)10-4-2-3-9(5-10)6-26;/h2-5,7-8H,6,26H2,1H3;1H. The first-order valence-electron chi connectivity index (χ1n) is 8.20. The van der Waals surface area contributed by atoms with E-state index < -0.39 is 35.4 Å². The van der Waals surface area contributed by atoms with E-state index in [0.29, 0.717) is 20.4 Å². The Morgan fingerprint density at radius 3 is 2.23 bits per heavy atom. The second-order valence-corrected chi connectivity index (χ2v) is 6.31. The van der Waals surface area contributed by atoms with E-state index >= 15 is 0 Å². The molecule has 0 unspecified atom stereocenters. The summed E-state index contributed by atoms with van der Waals surface area (Å²) in [6, 6.07) is 6.53. The number of nitrogens with zero attached hydrogens (tertiary/aromatic N) is 4. The topological polar surface area (TPSA) is 61.7 Å². The molecule has 2 N–H and O–H groups in total. The smallest absolute Gasteiger partial charge is 0.326 e. The second kappa shape index (κ2) is 8.11. The summed E-state index contributed by atoms with van der Waals surface area (Å²) in [6.45, 7) is 0.185. The molecule has 0 saturated carbocycles. The predicted molar refractivity (Wildman–Crippen MR) is 95.9 cm³/mol. The molecule has 1 aromatic carbocycles. The lowest BCUT2D eigenvalue weighted by Crippen LogP contribution is -2.36. The number of hydrogen-bond donors (Lipinski definition) is 1. The van der Waals surface area contributed by atoms with Gasteiger partial charge in [0, 0.05) is 25.4 Å². The van der Waals surface area contributed by atoms with Crippen molar-refractivity contribution in [2.75, 3.05) is 0 Å². The lowest BCUT2D eigenvalue weighted by Gasteiger charge is -2.19. The SMILES string of the molecule is Cl.Cn1nc(C(F)(F)C(F)(F)F)c(C(F)(F)F)c1-n1cnc(-c2cccc(CN)c2)c1. The van der Waals surface area contributed by atoms with E-state index in [2.05, 4.69) is 10.1 Å². The van der Waals surface area contributed by atoms with Crippen molar-refractivity contribution in [2.45, 2.75) is 24.8 Å². The molecule has 2 heterocycles. The summed E-state index contributed by atoms with van der Waals surface area (Å²) in [5.74, 6) is -6.85. The highest BCUT2D eigenvalue weighted by Crippen LogP contribution is 2.49. The molecule has 3 aromatic rings. The zero-order valence-electron chi connectivity index (χ0n) is 15.5. The van der Waals surface area contributed by atoms with Crippen LogP contribution in [0.3, 0.4) is 0 Å². The summed E-state index contributed by atoms with van der Waals surface area (Å²) in [5.41, 5.74) is 2.22. The Morgan fingerprint density at radius 1 is 1.03 bits per heavy atom. The summed E-state index contributed by atoms with van der Waals surface area (Å²) in [7, 11) is 0.829. The van der Waals surface area contributed by atoms with E-state index in [0.717, 1.165) is 19.6 Å². The Labute approximate surface area is 175 Å². The van der Waals surface area contributed by atoms with Gasteiger partial charge < -0.3 is 5.73 Å². The van der Waals surface area contributed by atoms with Crippen LogP contribution in [0.4, 0.5) is 35.1 Å². The number of rotatable bonds is 4. The molecule has 0 radical (unpaired) electrons. The van der Waals surface area contributed by atoms with E-state index in [1.807, 2.05) is 0 Å². The third-order valence-corrected chi connectivity index (χ3v) is 4.24. The number of aromatic nitrogens is 4. The molecule has 0 bridgehead atoms. The average Bonchev–Trinajstić information content (AvgIpc) is 3.25. The van der Waals surface area contributed by atoms with Gasteiger partial charge in [-0.1, -0.05) is 18.2 Å². The molecule has 170 valence electrons. The van der Waals surface area contributed by atoms with E-state index in [9.17, 15) is 35.1 Å². The normalized spacial score (nSPS) is 12.7. The molecule has 3 rings (SSSR count). The summed E-state index contributed by atoms with van der Waals surface area (Å²) >= 11 is 0. The molecule has 0 aliphatic heterocycles. The van der Waals surface area contributed by atoms with Gasteiger partial charge in [0.05, 0.1) is 5.69 Å². The molecule has 0 atom stereocenters. The van der Waals surface area contributed by atoms with Crippen molar-refractivity contribution < 1.29 is 35.1 Å². The zero-order chi connectivity index (χ0) is 22.5. The molecule has 0 saturated heterocycles. The molecule has 31 heavy (non-hydrogen) atoms. The fourth-order valence-electron chi connectivity index (χ4n) is 2.87. The summed E-state index contributed by atoms with van der Waals surface area (Å²) < 4.78 is 107. The molecule has 0 aliphatic rings. The summed E-state index contributed by atoms with van der Waals surface area (Å²) in [5, 5.41) is 2.86. The molecule has 5 nitrogen and oxygen atoms in total. The van der Waals surface area contributed by atoms with Crippen LogP contribution in [0.25, 0.3) is 17.1 Å². The minimum Gasteiger partial charge on any atom is -0.326 e. The van der Waals surface area contributed by atoms with Crippen LogP contribution in [0.5, 0.6) is 0 Å². The van der Waals surface area contributed by atoms with Gasteiger partial charge in [-0.05, 0) is 11.6 Å². The Bertz CT molecular complexity index is 1070. The quantitative estimate of drug-likeness (QED) is 0.550. The maximum atomic E-state index is 13.8. The monoisotopic (exact) mass is 475 g/mol. The van der Waals surface area contributed by atoms with Crippen molar-refractivity contribution in [3.63, 3.8) is 0 Å². The van der Waals surface area contributed by atoms with Crippen LogP contribution in [0.15, 0.2) is 36.8 Å². The fourth-order valence-corrected chi connectivity index (χ4v) is 2.87. The number of aryl methyl sites for hydroxylation is 1. The molecule has 2 aromatic heterocycles. The van der Waals surface area contributed by atoms with Gasteiger partial charge in [0.1, 0.15) is 17.7 Å². The number of hydrogen-bond acceptors (Lipinski definition) is 3. The lowest BCUT2D eigenvalue weighted by molar-refractivity contribution is -0.292. The van der Waals surface area contributed by atoms with Crippen molar-refractivity contribution in [1.29, 1.82) is 0 Å². The van der Waals surface area contributed by atoms with Crippen LogP contribution in [0, 0.1) is 0 Å². The highest BCUT2D eigenvalue weighted by atomic mass is 35.5. The average molecular weight is 476 g/mol. The van der Waals surface area contributed by atoms with E-state index in [4.69, 9.17) is 5.73 Å². The molecule has 0 spiro atoms.